The third-order valence-electron chi connectivity index (χ3n) is 5.97. The molecule has 0 N–H and O–H groups in total. The Balaban J connectivity index is 0.000000266. The van der Waals surface area contributed by atoms with E-state index >= 15 is 0 Å². The van der Waals surface area contributed by atoms with E-state index in [1.807, 2.05) is 24.1 Å². The van der Waals surface area contributed by atoms with Gasteiger partial charge < -0.3 is 0 Å². The fourth-order valence-corrected chi connectivity index (χ4v) is 13.7. The Kier molecular flexibility index (Phi) is 16.9. The molecular formula is C32H34Cl3OPRhSb. The zero-order valence-corrected chi connectivity index (χ0v) is 29.9. The van der Waals surface area contributed by atoms with Crippen LogP contribution >= 0.6 is 37.0 Å². The second-order valence-electron chi connectivity index (χ2n) is 8.53. The standard InChI is InChI=1S/C11H13OP.3C7H7.3ClH.Rh.Sb/c1-2-13(10-6-9-12)11-7-4-3-5-8-11;3*1-7-5-3-2-4-6-7;;;;;/h3-8H,2,10H2,1H3;3*2-5H,1H3;3*1H;;/q;;;;;;;+3;/p-3. The van der Waals surface area contributed by atoms with Crippen LogP contribution < -0.4 is 15.8 Å². The molecule has 7 heteroatoms. The maximum absolute atomic E-state index is 10.1. The van der Waals surface area contributed by atoms with Gasteiger partial charge in [-0.1, -0.05) is 45.2 Å². The van der Waals surface area contributed by atoms with E-state index in [2.05, 4.69) is 113 Å². The molecule has 0 spiro atoms. The Labute approximate surface area is 260 Å². The molecule has 1 atom stereocenters. The van der Waals surface area contributed by atoms with Crippen LogP contribution in [0.25, 0.3) is 0 Å². The Hall–Kier alpha value is -0.928. The minimum atomic E-state index is -1.98. The number of carbonyl (C=O) groups excluding carboxylic acids is 1. The zero-order valence-electron chi connectivity index (χ0n) is 22.6. The molecule has 0 aliphatic rings. The van der Waals surface area contributed by atoms with Gasteiger partial charge in [0.25, 0.3) is 0 Å². The molecule has 208 valence electrons. The molecule has 4 rings (SSSR count). The molecule has 1 nitrogen and oxygen atoms in total. The first-order valence-corrected chi connectivity index (χ1v) is 24.3. The molecule has 0 saturated heterocycles. The number of halogens is 3. The van der Waals surface area contributed by atoms with E-state index in [4.69, 9.17) is 29.1 Å². The average molecular weight is 797 g/mol. The number of benzene rings is 4. The van der Waals surface area contributed by atoms with Gasteiger partial charge in [-0.05, 0) is 11.5 Å². The van der Waals surface area contributed by atoms with Crippen molar-refractivity contribution >= 4 is 79.0 Å². The van der Waals surface area contributed by atoms with Crippen LogP contribution in [0, 0.1) is 20.8 Å². The third-order valence-corrected chi connectivity index (χ3v) is 16.8. The van der Waals surface area contributed by atoms with E-state index in [1.165, 1.54) is 22.0 Å². The number of aryl methyl sites for hydroxylation is 3. The van der Waals surface area contributed by atoms with Crippen LogP contribution in [0.3, 0.4) is 0 Å². The Morgan fingerprint density at radius 2 is 1.05 bits per heavy atom. The van der Waals surface area contributed by atoms with E-state index in [9.17, 15) is 4.79 Å². The predicted octanol–water partition coefficient (Wildman–Crippen LogP) is 7.40. The summed E-state index contributed by atoms with van der Waals surface area (Å²) in [5.74, 6) is 1.84. The Morgan fingerprint density at radius 3 is 1.38 bits per heavy atom. The van der Waals surface area contributed by atoms with Crippen molar-refractivity contribution in [3.05, 3.63) is 126 Å². The van der Waals surface area contributed by atoms with Gasteiger partial charge in [-0.25, -0.2) is 4.79 Å². The van der Waals surface area contributed by atoms with Gasteiger partial charge in [-0.3, -0.25) is 0 Å². The quantitative estimate of drug-likeness (QED) is 0.108. The minimum absolute atomic E-state index is 0.177. The van der Waals surface area contributed by atoms with Gasteiger partial charge in [0.2, 0.25) is 0 Å². The second-order valence-corrected chi connectivity index (χ2v) is 24.6. The third kappa shape index (κ3) is 11.8. The van der Waals surface area contributed by atoms with Crippen LogP contribution in [0.4, 0.5) is 0 Å². The van der Waals surface area contributed by atoms with Crippen molar-refractivity contribution in [2.24, 2.45) is 0 Å². The van der Waals surface area contributed by atoms with Crippen molar-refractivity contribution in [1.82, 2.24) is 0 Å². The summed E-state index contributed by atoms with van der Waals surface area (Å²) >= 11 is -3.64. The molecule has 0 heterocycles. The van der Waals surface area contributed by atoms with Gasteiger partial charge in [0.1, 0.15) is 5.94 Å². The predicted molar refractivity (Wildman–Crippen MR) is 174 cm³/mol. The molecule has 0 amide bonds. The Morgan fingerprint density at radius 1 is 0.692 bits per heavy atom. The van der Waals surface area contributed by atoms with Gasteiger partial charge in [0, 0.05) is 12.2 Å². The van der Waals surface area contributed by atoms with E-state index in [-0.39, 0.29) is 7.92 Å². The van der Waals surface area contributed by atoms with Gasteiger partial charge in [0.15, 0.2) is 0 Å². The molecule has 39 heavy (non-hydrogen) atoms. The molecule has 4 aromatic rings. The van der Waals surface area contributed by atoms with E-state index in [0.717, 1.165) is 12.3 Å². The topological polar surface area (TPSA) is 17.1 Å². The average Bonchev–Trinajstić information content (AvgIpc) is 2.93. The molecule has 0 aliphatic heterocycles. The molecule has 0 saturated carbocycles. The van der Waals surface area contributed by atoms with Gasteiger partial charge in [-0.2, -0.15) is 0 Å². The number of hydrogen-bond acceptors (Lipinski definition) is 1. The summed E-state index contributed by atoms with van der Waals surface area (Å²) in [5, 5.41) is 1.37. The first-order valence-electron chi connectivity index (χ1n) is 12.4. The zero-order chi connectivity index (χ0) is 28.6. The van der Waals surface area contributed by atoms with Crippen molar-refractivity contribution in [2.75, 3.05) is 12.3 Å². The second kappa shape index (κ2) is 19.2. The summed E-state index contributed by atoms with van der Waals surface area (Å²) in [6.07, 6.45) is 3.58. The molecule has 4 aromatic carbocycles. The summed E-state index contributed by atoms with van der Waals surface area (Å²) in [5.41, 5.74) is 4.28. The fraction of sp³-hybridized carbons (Fsp3) is 0.188. The summed E-state index contributed by atoms with van der Waals surface area (Å²) in [7, 11) is 14.6. The summed E-state index contributed by atoms with van der Waals surface area (Å²) in [4.78, 5) is 10.1. The molecule has 0 aliphatic carbocycles. The van der Waals surface area contributed by atoms with Crippen molar-refractivity contribution < 1.29 is 17.8 Å². The molecular weight excluding hydrogens is 762 g/mol. The normalized spacial score (nSPS) is 11.2. The Bertz CT molecular complexity index is 1220. The summed E-state index contributed by atoms with van der Waals surface area (Å²) in [6.45, 7) is 8.92. The van der Waals surface area contributed by atoms with Crippen molar-refractivity contribution in [1.29, 1.82) is 0 Å². The maximum atomic E-state index is 10.1. The van der Waals surface area contributed by atoms with Gasteiger partial charge >= 0.3 is 183 Å². The first kappa shape index (κ1) is 34.3. The fourth-order valence-electron chi connectivity index (χ4n) is 4.04. The van der Waals surface area contributed by atoms with Crippen molar-refractivity contribution in [3.8, 4) is 0 Å². The van der Waals surface area contributed by atoms with Crippen LogP contribution in [0.15, 0.2) is 109 Å². The van der Waals surface area contributed by atoms with Crippen LogP contribution in [0.5, 0.6) is 0 Å². The molecule has 1 unspecified atom stereocenters. The van der Waals surface area contributed by atoms with Crippen LogP contribution in [0.1, 0.15) is 23.6 Å². The van der Waals surface area contributed by atoms with Crippen molar-refractivity contribution in [2.45, 2.75) is 27.7 Å². The SMILES string of the molecule is CCP(CC=C=O)c1ccccc1.Cc1cccc[c]1[Sb]([c]1ccccc1C)[c]1ccccc1C.[Cl][Rh]([Cl])[Cl]. The molecule has 0 fully saturated rings. The molecule has 0 aromatic heterocycles. The summed E-state index contributed by atoms with van der Waals surface area (Å²) in [6, 6.07) is 37.2. The first-order chi connectivity index (χ1) is 18.8. The van der Waals surface area contributed by atoms with Crippen molar-refractivity contribution in [3.63, 3.8) is 0 Å². The summed E-state index contributed by atoms with van der Waals surface area (Å²) < 4.78 is 4.73. The van der Waals surface area contributed by atoms with E-state index in [1.54, 1.807) is 16.6 Å². The number of rotatable bonds is 7. The van der Waals surface area contributed by atoms with Gasteiger partial charge in [-0.15, -0.1) is 0 Å². The van der Waals surface area contributed by atoms with E-state index in [0.29, 0.717) is 0 Å². The number of hydrogen-bond donors (Lipinski definition) is 0. The van der Waals surface area contributed by atoms with Gasteiger partial charge in [0.05, 0.1) is 0 Å². The van der Waals surface area contributed by atoms with Crippen LogP contribution in [-0.2, 0) is 17.8 Å². The van der Waals surface area contributed by atoms with Crippen LogP contribution in [-0.4, -0.2) is 38.5 Å². The van der Waals surface area contributed by atoms with E-state index < -0.39 is 33.2 Å². The number of allylic oxidation sites excluding steroid dienone is 1. The molecule has 0 radical (unpaired) electrons. The molecule has 0 bridgehead atoms. The van der Waals surface area contributed by atoms with Crippen LogP contribution in [0.2, 0.25) is 0 Å². The monoisotopic (exact) mass is 794 g/mol.